The van der Waals surface area contributed by atoms with Gasteiger partial charge in [-0.1, -0.05) is 0 Å². The van der Waals surface area contributed by atoms with Gasteiger partial charge in [0, 0.05) is 30.4 Å². The van der Waals surface area contributed by atoms with Crippen LogP contribution in [0.1, 0.15) is 42.2 Å². The largest absolute Gasteiger partial charge is 0.348 e. The summed E-state index contributed by atoms with van der Waals surface area (Å²) in [5.41, 5.74) is 7.09. The van der Waals surface area contributed by atoms with Gasteiger partial charge in [-0.3, -0.25) is 0 Å². The second kappa shape index (κ2) is 3.76. The van der Waals surface area contributed by atoms with Crippen LogP contribution >= 0.6 is 11.3 Å². The maximum atomic E-state index is 5.78. The smallest absolute Gasteiger partial charge is 0.185 e. The van der Waals surface area contributed by atoms with Crippen LogP contribution in [0.15, 0.2) is 0 Å². The molecule has 0 radical (unpaired) electrons. The van der Waals surface area contributed by atoms with Crippen LogP contribution in [0.2, 0.25) is 0 Å². The summed E-state index contributed by atoms with van der Waals surface area (Å²) in [6.07, 6.45) is 5.26. The van der Waals surface area contributed by atoms with E-state index in [1.165, 1.54) is 54.5 Å². The van der Waals surface area contributed by atoms with E-state index >= 15 is 0 Å². The molecule has 2 N–H and O–H groups in total. The summed E-state index contributed by atoms with van der Waals surface area (Å²) in [4.78, 5) is 8.52. The molecule has 1 aliphatic heterocycles. The average Bonchev–Trinajstić information content (AvgIpc) is 2.83. The van der Waals surface area contributed by atoms with Crippen molar-refractivity contribution < 1.29 is 0 Å². The maximum absolute atomic E-state index is 5.78. The van der Waals surface area contributed by atoms with Gasteiger partial charge in [-0.05, 0) is 25.7 Å². The lowest BCUT2D eigenvalue weighted by atomic mass is 10.2. The van der Waals surface area contributed by atoms with Gasteiger partial charge < -0.3 is 10.6 Å². The molecule has 1 aliphatic carbocycles. The predicted octanol–water partition coefficient (Wildman–Crippen LogP) is 2.08. The van der Waals surface area contributed by atoms with Crippen molar-refractivity contribution in [3.8, 4) is 0 Å². The van der Waals surface area contributed by atoms with Crippen LogP contribution in [0.5, 0.6) is 0 Å². The van der Waals surface area contributed by atoms with Crippen LogP contribution in [0.25, 0.3) is 0 Å². The van der Waals surface area contributed by atoms with Crippen molar-refractivity contribution in [1.29, 1.82) is 0 Å². The van der Waals surface area contributed by atoms with E-state index in [0.29, 0.717) is 6.54 Å². The molecule has 2 fully saturated rings. The number of aromatic nitrogens is 1. The van der Waals surface area contributed by atoms with E-state index in [1.807, 2.05) is 11.3 Å². The molecule has 1 aromatic rings. The van der Waals surface area contributed by atoms with Gasteiger partial charge in [0.25, 0.3) is 0 Å². The Kier molecular flexibility index (Phi) is 2.41. The van der Waals surface area contributed by atoms with Gasteiger partial charge >= 0.3 is 0 Å². The second-order valence-electron chi connectivity index (χ2n) is 4.48. The Morgan fingerprint density at radius 2 is 2.07 bits per heavy atom. The van der Waals surface area contributed by atoms with Gasteiger partial charge in [-0.15, -0.1) is 11.3 Å². The van der Waals surface area contributed by atoms with Crippen molar-refractivity contribution in [2.75, 3.05) is 18.0 Å². The highest BCUT2D eigenvalue weighted by atomic mass is 32.1. The van der Waals surface area contributed by atoms with Crippen molar-refractivity contribution in [3.63, 3.8) is 0 Å². The lowest BCUT2D eigenvalue weighted by molar-refractivity contribution is 0.926. The summed E-state index contributed by atoms with van der Waals surface area (Å²) in [5, 5.41) is 1.22. The van der Waals surface area contributed by atoms with E-state index in [9.17, 15) is 0 Å². The molecule has 0 bridgehead atoms. The van der Waals surface area contributed by atoms with Crippen LogP contribution in [-0.2, 0) is 6.54 Å². The Morgan fingerprint density at radius 3 is 2.67 bits per heavy atom. The topological polar surface area (TPSA) is 42.1 Å². The molecule has 0 amide bonds. The number of anilines is 1. The van der Waals surface area contributed by atoms with E-state index in [2.05, 4.69) is 4.90 Å². The molecule has 0 atom stereocenters. The third-order valence-corrected chi connectivity index (χ3v) is 4.40. The first-order chi connectivity index (χ1) is 7.38. The zero-order valence-electron chi connectivity index (χ0n) is 8.91. The minimum Gasteiger partial charge on any atom is -0.348 e. The van der Waals surface area contributed by atoms with E-state index in [-0.39, 0.29) is 0 Å². The fourth-order valence-corrected chi connectivity index (χ4v) is 3.29. The highest BCUT2D eigenvalue weighted by Gasteiger charge is 2.30. The van der Waals surface area contributed by atoms with Gasteiger partial charge in [-0.25, -0.2) is 4.98 Å². The normalized spacial score (nSPS) is 21.3. The molecule has 1 saturated carbocycles. The molecule has 82 valence electrons. The summed E-state index contributed by atoms with van der Waals surface area (Å²) in [5.74, 6) is 0.733. The number of hydrogen-bond acceptors (Lipinski definition) is 4. The Morgan fingerprint density at radius 1 is 1.33 bits per heavy atom. The lowest BCUT2D eigenvalue weighted by Gasteiger charge is -2.12. The SMILES string of the molecule is NCc1sc(N2CCCC2)nc1C1CC1. The molecule has 0 spiro atoms. The fourth-order valence-electron chi connectivity index (χ4n) is 2.22. The van der Waals surface area contributed by atoms with Crippen molar-refractivity contribution in [1.82, 2.24) is 4.98 Å². The minimum atomic E-state index is 0.664. The molecule has 2 aliphatic rings. The van der Waals surface area contributed by atoms with Crippen LogP contribution in [0.3, 0.4) is 0 Å². The van der Waals surface area contributed by atoms with Crippen LogP contribution in [0, 0.1) is 0 Å². The molecular weight excluding hydrogens is 206 g/mol. The first-order valence-corrected chi connectivity index (χ1v) is 6.64. The summed E-state index contributed by atoms with van der Waals surface area (Å²) in [6.45, 7) is 3.03. The predicted molar refractivity (Wildman–Crippen MR) is 63.4 cm³/mol. The number of nitrogens with zero attached hydrogens (tertiary/aromatic N) is 2. The first-order valence-electron chi connectivity index (χ1n) is 5.83. The fraction of sp³-hybridized carbons (Fsp3) is 0.727. The zero-order valence-corrected chi connectivity index (χ0v) is 9.72. The van der Waals surface area contributed by atoms with Gasteiger partial charge in [-0.2, -0.15) is 0 Å². The number of hydrogen-bond donors (Lipinski definition) is 1. The van der Waals surface area contributed by atoms with E-state index in [0.717, 1.165) is 5.92 Å². The standard InChI is InChI=1S/C11H17N3S/c12-7-9-10(8-3-4-8)13-11(15-9)14-5-1-2-6-14/h8H,1-7,12H2. The highest BCUT2D eigenvalue weighted by molar-refractivity contribution is 7.15. The minimum absolute atomic E-state index is 0.664. The molecule has 1 aromatic heterocycles. The highest BCUT2D eigenvalue weighted by Crippen LogP contribution is 2.44. The van der Waals surface area contributed by atoms with Crippen LogP contribution in [-0.4, -0.2) is 18.1 Å². The van der Waals surface area contributed by atoms with Crippen molar-refractivity contribution >= 4 is 16.5 Å². The number of rotatable bonds is 3. The molecule has 15 heavy (non-hydrogen) atoms. The molecule has 1 saturated heterocycles. The lowest BCUT2D eigenvalue weighted by Crippen LogP contribution is -2.17. The van der Waals surface area contributed by atoms with E-state index in [1.54, 1.807) is 0 Å². The van der Waals surface area contributed by atoms with Crippen molar-refractivity contribution in [3.05, 3.63) is 10.6 Å². The molecule has 3 nitrogen and oxygen atoms in total. The first kappa shape index (κ1) is 9.60. The summed E-state index contributed by atoms with van der Waals surface area (Å²) >= 11 is 1.81. The molecule has 0 unspecified atom stereocenters. The van der Waals surface area contributed by atoms with Gasteiger partial charge in [0.2, 0.25) is 0 Å². The second-order valence-corrected chi connectivity index (χ2v) is 5.54. The van der Waals surface area contributed by atoms with Gasteiger partial charge in [0.05, 0.1) is 5.69 Å². The Hall–Kier alpha value is -0.610. The van der Waals surface area contributed by atoms with E-state index < -0.39 is 0 Å². The zero-order chi connectivity index (χ0) is 10.3. The number of nitrogens with two attached hydrogens (primary N) is 1. The van der Waals surface area contributed by atoms with Crippen LogP contribution < -0.4 is 10.6 Å². The summed E-state index contributed by atoms with van der Waals surface area (Å²) in [7, 11) is 0. The van der Waals surface area contributed by atoms with E-state index in [4.69, 9.17) is 10.7 Å². The van der Waals surface area contributed by atoms with Crippen molar-refractivity contribution in [2.45, 2.75) is 38.1 Å². The average molecular weight is 223 g/mol. The third kappa shape index (κ3) is 1.76. The Labute approximate surface area is 94.3 Å². The summed E-state index contributed by atoms with van der Waals surface area (Å²) in [6, 6.07) is 0. The molecule has 2 heterocycles. The van der Waals surface area contributed by atoms with Gasteiger partial charge in [0.1, 0.15) is 0 Å². The van der Waals surface area contributed by atoms with Crippen molar-refractivity contribution in [2.24, 2.45) is 5.73 Å². The molecule has 3 rings (SSSR count). The Bertz CT molecular complexity index is 351. The summed E-state index contributed by atoms with van der Waals surface area (Å²) < 4.78 is 0. The third-order valence-electron chi connectivity index (χ3n) is 3.24. The molecule has 0 aromatic carbocycles. The molecule has 4 heteroatoms. The molecular formula is C11H17N3S. The maximum Gasteiger partial charge on any atom is 0.185 e. The quantitative estimate of drug-likeness (QED) is 0.853. The Balaban J connectivity index is 1.88. The monoisotopic (exact) mass is 223 g/mol. The van der Waals surface area contributed by atoms with Crippen LogP contribution in [0.4, 0.5) is 5.13 Å². The number of thiazole rings is 1. The van der Waals surface area contributed by atoms with Gasteiger partial charge in [0.15, 0.2) is 5.13 Å².